The summed E-state index contributed by atoms with van der Waals surface area (Å²) in [7, 11) is -3.74. The zero-order valence-electron chi connectivity index (χ0n) is 26.5. The Morgan fingerprint density at radius 2 is 1.88 bits per heavy atom. The van der Waals surface area contributed by atoms with Gasteiger partial charge in [0.1, 0.15) is 17.6 Å². The standard InChI is InChI=1S/C34H38FN5O7S/c1-21(28-9-8-27(17-23(28)5-4-22-2-3-22)48(45,46)39-12-14-47-15-13-39)37-34(44)31-18-26(41)20-40(31)32(42)19-36-33(43)30-10-6-24-16-25(35)7-11-29(24)38-30/h4-11,16-17,21-22,26,31,41H,2-3,12-15,18-20H2,1H3,(H,36,43)(H,37,44)/b5-4+/t21-,26+,31-/m0/s1. The minimum atomic E-state index is -3.74. The molecule has 1 saturated carbocycles. The maximum absolute atomic E-state index is 13.5. The number of sulfonamides is 1. The van der Waals surface area contributed by atoms with Gasteiger partial charge in [-0.1, -0.05) is 24.3 Å². The fraction of sp³-hybridized carbons (Fsp3) is 0.412. The second-order valence-corrected chi connectivity index (χ2v) is 14.3. The molecular weight excluding hydrogens is 641 g/mol. The summed E-state index contributed by atoms with van der Waals surface area (Å²) in [5.41, 5.74) is 1.83. The van der Waals surface area contributed by atoms with Gasteiger partial charge in [-0.25, -0.2) is 17.8 Å². The first-order chi connectivity index (χ1) is 23.0. The van der Waals surface area contributed by atoms with E-state index >= 15 is 0 Å². The average Bonchev–Trinajstić information content (AvgIpc) is 3.84. The number of ether oxygens (including phenoxy) is 1. The molecular formula is C34H38FN5O7S. The van der Waals surface area contributed by atoms with Gasteiger partial charge in [0.05, 0.1) is 42.3 Å². The Kier molecular flexibility index (Phi) is 9.88. The molecule has 2 aliphatic heterocycles. The van der Waals surface area contributed by atoms with Crippen LogP contribution in [0.5, 0.6) is 0 Å². The second kappa shape index (κ2) is 14.1. The van der Waals surface area contributed by atoms with E-state index in [0.717, 1.165) is 12.8 Å². The molecule has 3 fully saturated rings. The van der Waals surface area contributed by atoms with Crippen molar-refractivity contribution < 1.29 is 37.0 Å². The number of halogens is 1. The van der Waals surface area contributed by atoms with Crippen molar-refractivity contribution in [2.45, 2.75) is 49.3 Å². The molecule has 0 bridgehead atoms. The Bertz CT molecular complexity index is 1860. The van der Waals surface area contributed by atoms with Gasteiger partial charge in [0.25, 0.3) is 5.91 Å². The maximum atomic E-state index is 13.5. The zero-order valence-corrected chi connectivity index (χ0v) is 27.3. The van der Waals surface area contributed by atoms with E-state index in [9.17, 15) is 32.3 Å². The first-order valence-electron chi connectivity index (χ1n) is 16.0. The van der Waals surface area contributed by atoms with Crippen molar-refractivity contribution in [3.05, 3.63) is 77.2 Å². The van der Waals surface area contributed by atoms with Crippen molar-refractivity contribution >= 4 is 44.7 Å². The first kappa shape index (κ1) is 33.7. The molecule has 0 radical (unpaired) electrons. The molecule has 3 heterocycles. The molecule has 12 nitrogen and oxygen atoms in total. The summed E-state index contributed by atoms with van der Waals surface area (Å²) < 4.78 is 46.9. The number of allylic oxidation sites excluding steroid dienone is 1. The number of nitrogens with zero attached hydrogens (tertiary/aromatic N) is 3. The lowest BCUT2D eigenvalue weighted by atomic mass is 10.00. The number of β-amino-alcohol motifs (C(OH)–C–C–N with tert-alkyl or cyclic N) is 1. The van der Waals surface area contributed by atoms with Gasteiger partial charge in [-0.3, -0.25) is 14.4 Å². The highest BCUT2D eigenvalue weighted by Crippen LogP contribution is 2.33. The molecule has 3 atom stereocenters. The summed E-state index contributed by atoms with van der Waals surface area (Å²) in [6, 6.07) is 10.3. The number of carbonyl (C=O) groups excluding carboxylic acids is 3. The van der Waals surface area contributed by atoms with Gasteiger partial charge in [-0.2, -0.15) is 4.31 Å². The number of pyridine rings is 1. The van der Waals surface area contributed by atoms with Crippen LogP contribution < -0.4 is 10.6 Å². The topological polar surface area (TPSA) is 158 Å². The van der Waals surface area contributed by atoms with E-state index in [1.54, 1.807) is 25.1 Å². The lowest BCUT2D eigenvalue weighted by molar-refractivity contribution is -0.138. The van der Waals surface area contributed by atoms with Crippen LogP contribution in [0.15, 0.2) is 59.5 Å². The van der Waals surface area contributed by atoms with Crippen LogP contribution in [0.2, 0.25) is 0 Å². The molecule has 6 rings (SSSR count). The van der Waals surface area contributed by atoms with Crippen LogP contribution in [0.1, 0.15) is 53.8 Å². The van der Waals surface area contributed by atoms with Crippen LogP contribution in [-0.4, -0.2) is 97.0 Å². The summed E-state index contributed by atoms with van der Waals surface area (Å²) in [6.45, 7) is 2.49. The average molecular weight is 680 g/mol. The lowest BCUT2D eigenvalue weighted by Gasteiger charge is -2.27. The molecule has 1 aromatic heterocycles. The number of fused-ring (bicyclic) bond motifs is 1. The van der Waals surface area contributed by atoms with E-state index in [-0.39, 0.29) is 36.6 Å². The fourth-order valence-corrected chi connectivity index (χ4v) is 7.46. The Labute approximate surface area is 278 Å². The molecule has 48 heavy (non-hydrogen) atoms. The van der Waals surface area contributed by atoms with Gasteiger partial charge in [-0.15, -0.1) is 0 Å². The van der Waals surface area contributed by atoms with Gasteiger partial charge < -0.3 is 25.4 Å². The van der Waals surface area contributed by atoms with Crippen LogP contribution in [0, 0.1) is 11.7 Å². The number of nitrogens with one attached hydrogen (secondary N) is 2. The van der Waals surface area contributed by atoms with Crippen LogP contribution >= 0.6 is 0 Å². The third-order valence-electron chi connectivity index (χ3n) is 8.85. The molecule has 2 saturated heterocycles. The third-order valence-corrected chi connectivity index (χ3v) is 10.7. The predicted molar refractivity (Wildman–Crippen MR) is 174 cm³/mol. The van der Waals surface area contributed by atoms with Gasteiger partial charge in [0.15, 0.2) is 0 Å². The number of aromatic nitrogens is 1. The van der Waals surface area contributed by atoms with E-state index in [4.69, 9.17) is 4.74 Å². The largest absolute Gasteiger partial charge is 0.391 e. The van der Waals surface area contributed by atoms with E-state index < -0.39 is 58.3 Å². The summed E-state index contributed by atoms with van der Waals surface area (Å²) >= 11 is 0. The van der Waals surface area contributed by atoms with Crippen molar-refractivity contribution in [2.24, 2.45) is 5.92 Å². The number of aliphatic hydroxyl groups excluding tert-OH is 1. The van der Waals surface area contributed by atoms with Crippen molar-refractivity contribution in [1.29, 1.82) is 0 Å². The molecule has 254 valence electrons. The molecule has 0 spiro atoms. The Morgan fingerprint density at radius 1 is 1.10 bits per heavy atom. The molecule has 3 N–H and O–H groups in total. The monoisotopic (exact) mass is 679 g/mol. The van der Waals surface area contributed by atoms with Gasteiger partial charge in [0.2, 0.25) is 21.8 Å². The van der Waals surface area contributed by atoms with E-state index in [1.165, 1.54) is 39.5 Å². The quantitative estimate of drug-likeness (QED) is 0.295. The Hall–Kier alpha value is -4.24. The zero-order chi connectivity index (χ0) is 34.0. The minimum absolute atomic E-state index is 0.0200. The third kappa shape index (κ3) is 7.57. The van der Waals surface area contributed by atoms with Crippen molar-refractivity contribution in [3.8, 4) is 0 Å². The Morgan fingerprint density at radius 3 is 2.62 bits per heavy atom. The van der Waals surface area contributed by atoms with E-state index in [2.05, 4.69) is 15.6 Å². The molecule has 3 amide bonds. The molecule has 1 aliphatic carbocycles. The van der Waals surface area contributed by atoms with Gasteiger partial charge >= 0.3 is 0 Å². The van der Waals surface area contributed by atoms with Crippen molar-refractivity contribution in [2.75, 3.05) is 39.4 Å². The SMILES string of the molecule is C[C@H](NC(=O)[C@@H]1C[C@@H](O)CN1C(=O)CNC(=O)c1ccc2cc(F)ccc2n1)c1ccc(S(=O)(=O)N2CCOCC2)cc1/C=C/C1CC1. The highest BCUT2D eigenvalue weighted by molar-refractivity contribution is 7.89. The molecule has 3 aromatic rings. The number of carbonyl (C=O) groups is 3. The van der Waals surface area contributed by atoms with Crippen LogP contribution in [0.3, 0.4) is 0 Å². The number of hydrogen-bond donors (Lipinski definition) is 3. The van der Waals surface area contributed by atoms with Gasteiger partial charge in [-0.05, 0) is 73.2 Å². The minimum Gasteiger partial charge on any atom is -0.391 e. The summed E-state index contributed by atoms with van der Waals surface area (Å²) in [5.74, 6) is -1.64. The molecule has 14 heteroatoms. The van der Waals surface area contributed by atoms with Crippen LogP contribution in [0.4, 0.5) is 4.39 Å². The molecule has 2 aromatic carbocycles. The maximum Gasteiger partial charge on any atom is 0.270 e. The summed E-state index contributed by atoms with van der Waals surface area (Å²) in [5, 5.41) is 16.4. The second-order valence-electron chi connectivity index (χ2n) is 12.4. The van der Waals surface area contributed by atoms with E-state index in [0.29, 0.717) is 41.2 Å². The Balaban J connectivity index is 1.13. The number of likely N-dealkylation sites (tertiary alicyclic amines) is 1. The first-order valence-corrected chi connectivity index (χ1v) is 17.5. The van der Waals surface area contributed by atoms with Gasteiger partial charge in [0, 0.05) is 31.4 Å². The number of benzene rings is 2. The number of hydrogen-bond acceptors (Lipinski definition) is 8. The molecule has 0 unspecified atom stereocenters. The number of aliphatic hydroxyl groups is 1. The highest BCUT2D eigenvalue weighted by Gasteiger charge is 2.39. The molecule has 3 aliphatic rings. The predicted octanol–water partition coefficient (Wildman–Crippen LogP) is 2.39. The fourth-order valence-electron chi connectivity index (χ4n) is 6.01. The highest BCUT2D eigenvalue weighted by atomic mass is 32.2. The number of morpholine rings is 1. The number of rotatable bonds is 10. The van der Waals surface area contributed by atoms with E-state index in [1.807, 2.05) is 12.2 Å². The normalized spacial score (nSPS) is 21.0. The van der Waals surface area contributed by atoms with Crippen LogP contribution in [0.25, 0.3) is 17.0 Å². The van der Waals surface area contributed by atoms with Crippen LogP contribution in [-0.2, 0) is 24.3 Å². The van der Waals surface area contributed by atoms with Crippen molar-refractivity contribution in [3.63, 3.8) is 0 Å². The summed E-state index contributed by atoms with van der Waals surface area (Å²) in [4.78, 5) is 45.1. The lowest BCUT2D eigenvalue weighted by Crippen LogP contribution is -2.49. The number of amides is 3. The summed E-state index contributed by atoms with van der Waals surface area (Å²) in [6.07, 6.45) is 5.17. The smallest absolute Gasteiger partial charge is 0.270 e. The van der Waals surface area contributed by atoms with Crippen molar-refractivity contribution in [1.82, 2.24) is 24.8 Å².